The molecule has 1 unspecified atom stereocenters. The first-order valence-electron chi connectivity index (χ1n) is 7.16. The second-order valence-electron chi connectivity index (χ2n) is 5.14. The minimum absolute atomic E-state index is 0.234. The van der Waals surface area contributed by atoms with Gasteiger partial charge in [-0.2, -0.15) is 0 Å². The SMILES string of the molecule is CCN(CC)C1CCN(C(=O)c2ccc(F)c(F)c2F)C1. The number of hydrogen-bond acceptors (Lipinski definition) is 2. The Kier molecular flexibility index (Phi) is 4.88. The van der Waals surface area contributed by atoms with Gasteiger partial charge in [-0.05, 0) is 31.6 Å². The van der Waals surface area contributed by atoms with E-state index in [1.807, 2.05) is 13.8 Å². The van der Waals surface area contributed by atoms with Gasteiger partial charge in [0, 0.05) is 19.1 Å². The molecule has 21 heavy (non-hydrogen) atoms. The van der Waals surface area contributed by atoms with E-state index in [2.05, 4.69) is 4.90 Å². The van der Waals surface area contributed by atoms with Crippen molar-refractivity contribution in [1.82, 2.24) is 9.80 Å². The summed E-state index contributed by atoms with van der Waals surface area (Å²) in [6.07, 6.45) is 0.804. The number of carbonyl (C=O) groups excluding carboxylic acids is 1. The molecule has 1 atom stereocenters. The molecule has 1 saturated heterocycles. The van der Waals surface area contributed by atoms with Gasteiger partial charge in [0.25, 0.3) is 5.91 Å². The van der Waals surface area contributed by atoms with Crippen LogP contribution in [-0.4, -0.2) is 47.9 Å². The quantitative estimate of drug-likeness (QED) is 0.798. The van der Waals surface area contributed by atoms with Crippen LogP contribution in [0, 0.1) is 17.5 Å². The molecule has 0 spiro atoms. The number of benzene rings is 1. The first-order valence-corrected chi connectivity index (χ1v) is 7.16. The molecule has 0 bridgehead atoms. The van der Waals surface area contributed by atoms with E-state index in [9.17, 15) is 18.0 Å². The first-order chi connectivity index (χ1) is 9.99. The number of rotatable bonds is 4. The van der Waals surface area contributed by atoms with Gasteiger partial charge in [0.15, 0.2) is 17.5 Å². The maximum absolute atomic E-state index is 13.7. The van der Waals surface area contributed by atoms with Crippen LogP contribution in [0.15, 0.2) is 12.1 Å². The van der Waals surface area contributed by atoms with Crippen molar-refractivity contribution < 1.29 is 18.0 Å². The molecule has 0 aliphatic carbocycles. The summed E-state index contributed by atoms with van der Waals surface area (Å²) in [5.74, 6) is -4.88. The topological polar surface area (TPSA) is 23.6 Å². The van der Waals surface area contributed by atoms with Crippen LogP contribution in [0.4, 0.5) is 13.2 Å². The summed E-state index contributed by atoms with van der Waals surface area (Å²) in [6.45, 7) is 6.83. The van der Waals surface area contributed by atoms with Gasteiger partial charge >= 0.3 is 0 Å². The second kappa shape index (κ2) is 6.47. The zero-order valence-corrected chi connectivity index (χ0v) is 12.2. The van der Waals surface area contributed by atoms with Crippen LogP contribution in [0.5, 0.6) is 0 Å². The molecule has 1 heterocycles. The van der Waals surface area contributed by atoms with Crippen molar-refractivity contribution in [2.75, 3.05) is 26.2 Å². The fraction of sp³-hybridized carbons (Fsp3) is 0.533. The van der Waals surface area contributed by atoms with E-state index in [0.717, 1.165) is 31.6 Å². The van der Waals surface area contributed by atoms with Crippen molar-refractivity contribution in [3.05, 3.63) is 35.1 Å². The van der Waals surface area contributed by atoms with Crippen LogP contribution in [0.25, 0.3) is 0 Å². The van der Waals surface area contributed by atoms with Gasteiger partial charge in [-0.25, -0.2) is 13.2 Å². The van der Waals surface area contributed by atoms with Crippen LogP contribution >= 0.6 is 0 Å². The van der Waals surface area contributed by atoms with E-state index >= 15 is 0 Å². The van der Waals surface area contributed by atoms with Gasteiger partial charge in [0.05, 0.1) is 5.56 Å². The Balaban J connectivity index is 2.14. The molecule has 3 nitrogen and oxygen atoms in total. The second-order valence-corrected chi connectivity index (χ2v) is 5.14. The highest BCUT2D eigenvalue weighted by Gasteiger charge is 2.31. The van der Waals surface area contributed by atoms with E-state index < -0.39 is 28.9 Å². The Morgan fingerprint density at radius 3 is 2.52 bits per heavy atom. The molecule has 1 aliphatic rings. The molecule has 1 aliphatic heterocycles. The Bertz CT molecular complexity index is 532. The third-order valence-electron chi connectivity index (χ3n) is 4.04. The summed E-state index contributed by atoms with van der Waals surface area (Å²) < 4.78 is 39.8. The monoisotopic (exact) mass is 300 g/mol. The third kappa shape index (κ3) is 3.05. The molecule has 0 saturated carbocycles. The fourth-order valence-corrected chi connectivity index (χ4v) is 2.83. The largest absolute Gasteiger partial charge is 0.337 e. The highest BCUT2D eigenvalue weighted by atomic mass is 19.2. The van der Waals surface area contributed by atoms with E-state index in [1.54, 1.807) is 0 Å². The van der Waals surface area contributed by atoms with Gasteiger partial charge < -0.3 is 4.90 Å². The first kappa shape index (κ1) is 15.8. The van der Waals surface area contributed by atoms with Crippen LogP contribution in [-0.2, 0) is 0 Å². The minimum Gasteiger partial charge on any atom is -0.337 e. The van der Waals surface area contributed by atoms with Crippen molar-refractivity contribution in [3.8, 4) is 0 Å². The Morgan fingerprint density at radius 2 is 1.90 bits per heavy atom. The summed E-state index contributed by atoms with van der Waals surface area (Å²) >= 11 is 0. The third-order valence-corrected chi connectivity index (χ3v) is 4.04. The molecule has 1 aromatic rings. The normalized spacial score (nSPS) is 18.6. The lowest BCUT2D eigenvalue weighted by Gasteiger charge is -2.26. The molecule has 6 heteroatoms. The molecule has 1 amide bonds. The van der Waals surface area contributed by atoms with Crippen LogP contribution < -0.4 is 0 Å². The van der Waals surface area contributed by atoms with Gasteiger partial charge in [0.2, 0.25) is 0 Å². The predicted octanol–water partition coefficient (Wildman–Crippen LogP) is 2.66. The lowest BCUT2D eigenvalue weighted by molar-refractivity contribution is 0.0772. The van der Waals surface area contributed by atoms with Crippen LogP contribution in [0.1, 0.15) is 30.6 Å². The number of hydrogen-bond donors (Lipinski definition) is 0. The van der Waals surface area contributed by atoms with Crippen molar-refractivity contribution in [3.63, 3.8) is 0 Å². The predicted molar refractivity (Wildman–Crippen MR) is 73.5 cm³/mol. The van der Waals surface area contributed by atoms with Gasteiger partial charge in [-0.3, -0.25) is 9.69 Å². The summed E-state index contributed by atoms with van der Waals surface area (Å²) in [4.78, 5) is 16.0. The smallest absolute Gasteiger partial charge is 0.256 e. The highest BCUT2D eigenvalue weighted by Crippen LogP contribution is 2.21. The van der Waals surface area contributed by atoms with Gasteiger partial charge in [0.1, 0.15) is 0 Å². The van der Waals surface area contributed by atoms with E-state index in [0.29, 0.717) is 13.1 Å². The molecule has 2 rings (SSSR count). The summed E-state index contributed by atoms with van der Waals surface area (Å²) in [5.41, 5.74) is -0.408. The molecule has 0 N–H and O–H groups in total. The number of halogens is 3. The van der Waals surface area contributed by atoms with Crippen LogP contribution in [0.2, 0.25) is 0 Å². The van der Waals surface area contributed by atoms with Crippen molar-refractivity contribution in [1.29, 1.82) is 0 Å². The molecule has 116 valence electrons. The lowest BCUT2D eigenvalue weighted by atomic mass is 10.1. The maximum Gasteiger partial charge on any atom is 0.256 e. The zero-order valence-electron chi connectivity index (χ0n) is 12.2. The van der Waals surface area contributed by atoms with E-state index in [4.69, 9.17) is 0 Å². The fourth-order valence-electron chi connectivity index (χ4n) is 2.83. The van der Waals surface area contributed by atoms with E-state index in [1.165, 1.54) is 4.90 Å². The summed E-state index contributed by atoms with van der Waals surface area (Å²) in [6, 6.07) is 2.02. The number of amides is 1. The zero-order chi connectivity index (χ0) is 15.6. The van der Waals surface area contributed by atoms with Gasteiger partial charge in [-0.1, -0.05) is 13.8 Å². The molecular weight excluding hydrogens is 281 g/mol. The van der Waals surface area contributed by atoms with Crippen molar-refractivity contribution >= 4 is 5.91 Å². The van der Waals surface area contributed by atoms with Crippen molar-refractivity contribution in [2.45, 2.75) is 26.3 Å². The lowest BCUT2D eigenvalue weighted by Crippen LogP contribution is -2.38. The number of nitrogens with zero attached hydrogens (tertiary/aromatic N) is 2. The minimum atomic E-state index is -1.60. The molecule has 0 aromatic heterocycles. The average molecular weight is 300 g/mol. The molecule has 1 aromatic carbocycles. The number of likely N-dealkylation sites (tertiary alicyclic amines) is 1. The van der Waals surface area contributed by atoms with Gasteiger partial charge in [-0.15, -0.1) is 0 Å². The molecule has 1 fully saturated rings. The Morgan fingerprint density at radius 1 is 1.24 bits per heavy atom. The van der Waals surface area contributed by atoms with Crippen LogP contribution in [0.3, 0.4) is 0 Å². The maximum atomic E-state index is 13.7. The molecular formula is C15H19F3N2O. The average Bonchev–Trinajstić information content (AvgIpc) is 2.95. The van der Waals surface area contributed by atoms with Crippen molar-refractivity contribution in [2.24, 2.45) is 0 Å². The number of likely N-dealkylation sites (N-methyl/N-ethyl adjacent to an activating group) is 1. The Labute approximate surface area is 122 Å². The number of carbonyl (C=O) groups is 1. The highest BCUT2D eigenvalue weighted by molar-refractivity contribution is 5.94. The summed E-state index contributed by atoms with van der Waals surface area (Å²) in [5, 5.41) is 0. The molecule has 0 radical (unpaired) electrons. The summed E-state index contributed by atoms with van der Waals surface area (Å²) in [7, 11) is 0. The Hall–Kier alpha value is -1.56. The van der Waals surface area contributed by atoms with E-state index in [-0.39, 0.29) is 6.04 Å². The standard InChI is InChI=1S/C15H19F3N2O/c1-3-19(4-2)10-7-8-20(9-10)15(21)11-5-6-12(16)14(18)13(11)17/h5-6,10H,3-4,7-9H2,1-2H3.